The molecule has 0 spiro atoms. The monoisotopic (exact) mass is 498 g/mol. The number of carbonyl (C=O) groups excluding carboxylic acids is 2. The lowest BCUT2D eigenvalue weighted by atomic mass is 10.0. The lowest BCUT2D eigenvalue weighted by Gasteiger charge is -2.32. The largest absolute Gasteiger partial charge is 0.484 e. The molecule has 1 aliphatic rings. The van der Waals surface area contributed by atoms with Gasteiger partial charge in [0.25, 0.3) is 5.91 Å². The van der Waals surface area contributed by atoms with E-state index in [0.717, 1.165) is 53.5 Å². The van der Waals surface area contributed by atoms with Crippen molar-refractivity contribution in [3.8, 4) is 5.75 Å². The van der Waals surface area contributed by atoms with Gasteiger partial charge in [-0.1, -0.05) is 79.1 Å². The quantitative estimate of drug-likeness (QED) is 0.391. The lowest BCUT2D eigenvalue weighted by Crippen LogP contribution is -2.53. The van der Waals surface area contributed by atoms with Gasteiger partial charge in [-0.25, -0.2) is 0 Å². The summed E-state index contributed by atoms with van der Waals surface area (Å²) in [6, 6.07) is 23.5. The van der Waals surface area contributed by atoms with E-state index in [1.165, 1.54) is 0 Å². The number of hydrogen-bond donors (Lipinski definition) is 1. The van der Waals surface area contributed by atoms with E-state index in [0.29, 0.717) is 18.7 Å². The van der Waals surface area contributed by atoms with Crippen molar-refractivity contribution in [2.45, 2.75) is 71.5 Å². The molecule has 1 fully saturated rings. The predicted octanol–water partition coefficient (Wildman–Crippen LogP) is 5.69. The summed E-state index contributed by atoms with van der Waals surface area (Å²) < 4.78 is 5.96. The molecule has 37 heavy (non-hydrogen) atoms. The molecule has 1 aliphatic carbocycles. The van der Waals surface area contributed by atoms with E-state index in [4.69, 9.17) is 4.74 Å². The van der Waals surface area contributed by atoms with Crippen LogP contribution in [0.1, 0.15) is 53.5 Å². The van der Waals surface area contributed by atoms with E-state index in [9.17, 15) is 9.59 Å². The third-order valence-electron chi connectivity index (χ3n) is 6.97. The molecule has 0 unspecified atom stereocenters. The Bertz CT molecular complexity index is 1180. The second kappa shape index (κ2) is 12.6. The Kier molecular flexibility index (Phi) is 8.99. The van der Waals surface area contributed by atoms with Crippen molar-refractivity contribution >= 4 is 11.8 Å². The minimum atomic E-state index is -0.640. The van der Waals surface area contributed by atoms with Gasteiger partial charge in [0, 0.05) is 19.0 Å². The molecule has 0 aliphatic heterocycles. The number of ether oxygens (including phenoxy) is 1. The van der Waals surface area contributed by atoms with Crippen LogP contribution in [0.2, 0.25) is 0 Å². The molecule has 0 heterocycles. The fourth-order valence-electron chi connectivity index (χ4n) is 5.17. The fraction of sp³-hybridized carbons (Fsp3) is 0.375. The second-order valence-corrected chi connectivity index (χ2v) is 10.3. The van der Waals surface area contributed by atoms with Gasteiger partial charge >= 0.3 is 0 Å². The summed E-state index contributed by atoms with van der Waals surface area (Å²) in [6.07, 6.45) is 4.69. The normalized spacial score (nSPS) is 14.2. The summed E-state index contributed by atoms with van der Waals surface area (Å²) in [6.45, 7) is 6.26. The molecule has 3 aromatic rings. The summed E-state index contributed by atoms with van der Waals surface area (Å²) in [5.41, 5.74) is 5.29. The van der Waals surface area contributed by atoms with Crippen molar-refractivity contribution in [1.29, 1.82) is 0 Å². The van der Waals surface area contributed by atoms with Gasteiger partial charge in [0.2, 0.25) is 5.91 Å². The maximum atomic E-state index is 13.8. The molecule has 194 valence electrons. The molecule has 1 atom stereocenters. The average molecular weight is 499 g/mol. The number of carbonyl (C=O) groups is 2. The second-order valence-electron chi connectivity index (χ2n) is 10.3. The number of nitrogens with one attached hydrogen (secondary N) is 1. The van der Waals surface area contributed by atoms with E-state index < -0.39 is 6.04 Å². The zero-order valence-electron chi connectivity index (χ0n) is 22.2. The molecular formula is C32H38N2O3. The van der Waals surface area contributed by atoms with Crippen LogP contribution in [0.15, 0.2) is 72.8 Å². The Morgan fingerprint density at radius 2 is 1.54 bits per heavy atom. The third-order valence-corrected chi connectivity index (χ3v) is 6.97. The highest BCUT2D eigenvalue weighted by atomic mass is 16.5. The number of nitrogens with zero attached hydrogens (tertiary/aromatic N) is 1. The first-order valence-electron chi connectivity index (χ1n) is 13.3. The Morgan fingerprint density at radius 3 is 2.22 bits per heavy atom. The van der Waals surface area contributed by atoms with Crippen molar-refractivity contribution < 1.29 is 14.3 Å². The van der Waals surface area contributed by atoms with E-state index >= 15 is 0 Å². The zero-order chi connectivity index (χ0) is 26.2. The highest BCUT2D eigenvalue weighted by Gasteiger charge is 2.32. The van der Waals surface area contributed by atoms with Crippen LogP contribution in [0.3, 0.4) is 0 Å². The molecule has 1 N–H and O–H groups in total. The minimum absolute atomic E-state index is 0.0943. The number of hydrogen-bond acceptors (Lipinski definition) is 3. The smallest absolute Gasteiger partial charge is 0.261 e. The van der Waals surface area contributed by atoms with Crippen LogP contribution < -0.4 is 10.1 Å². The molecule has 0 aromatic heterocycles. The molecule has 2 amide bonds. The maximum absolute atomic E-state index is 13.8. The molecule has 0 radical (unpaired) electrons. The molecule has 5 heteroatoms. The summed E-state index contributed by atoms with van der Waals surface area (Å²) in [7, 11) is 0. The average Bonchev–Trinajstić information content (AvgIpc) is 3.38. The van der Waals surface area contributed by atoms with E-state index in [2.05, 4.69) is 17.4 Å². The van der Waals surface area contributed by atoms with Crippen LogP contribution >= 0.6 is 0 Å². The Hall–Kier alpha value is -3.60. The molecule has 0 bridgehead atoms. The van der Waals surface area contributed by atoms with Gasteiger partial charge < -0.3 is 15.0 Å². The first-order valence-corrected chi connectivity index (χ1v) is 13.3. The van der Waals surface area contributed by atoms with Crippen molar-refractivity contribution in [1.82, 2.24) is 10.2 Å². The number of rotatable bonds is 10. The molecule has 1 saturated carbocycles. The van der Waals surface area contributed by atoms with Crippen molar-refractivity contribution in [2.24, 2.45) is 0 Å². The van der Waals surface area contributed by atoms with Crippen LogP contribution in [0, 0.1) is 20.8 Å². The fourth-order valence-corrected chi connectivity index (χ4v) is 5.17. The summed E-state index contributed by atoms with van der Waals surface area (Å²) in [5.74, 6) is 0.364. The topological polar surface area (TPSA) is 58.6 Å². The zero-order valence-corrected chi connectivity index (χ0v) is 22.2. The molecular weight excluding hydrogens is 460 g/mol. The number of benzene rings is 3. The van der Waals surface area contributed by atoms with Crippen LogP contribution in [0.25, 0.3) is 0 Å². The maximum Gasteiger partial charge on any atom is 0.261 e. The van der Waals surface area contributed by atoms with E-state index in [1.54, 1.807) is 4.90 Å². The van der Waals surface area contributed by atoms with Gasteiger partial charge in [-0.15, -0.1) is 0 Å². The van der Waals surface area contributed by atoms with Gasteiger partial charge in [0.15, 0.2) is 6.61 Å². The first-order chi connectivity index (χ1) is 17.9. The van der Waals surface area contributed by atoms with Crippen LogP contribution in [0.5, 0.6) is 5.75 Å². The summed E-state index contributed by atoms with van der Waals surface area (Å²) in [5, 5.41) is 3.25. The van der Waals surface area contributed by atoms with Gasteiger partial charge in [0.1, 0.15) is 11.8 Å². The number of aryl methyl sites for hydroxylation is 3. The Morgan fingerprint density at radius 1 is 0.865 bits per heavy atom. The molecule has 5 nitrogen and oxygen atoms in total. The highest BCUT2D eigenvalue weighted by Crippen LogP contribution is 2.21. The molecule has 4 rings (SSSR count). The van der Waals surface area contributed by atoms with Crippen molar-refractivity contribution in [3.05, 3.63) is 101 Å². The standard InChI is InChI=1S/C32H38N2O3/c1-23-10-9-13-27(17-23)21-34(31(35)22-37-29-18-24(2)16-25(3)19-29)30(20-26-11-5-4-6-12-26)32(36)33-28-14-7-8-15-28/h4-6,9-13,16-19,28,30H,7-8,14-15,20-22H2,1-3H3,(H,33,36)/t30-/m0/s1. The van der Waals surface area contributed by atoms with Gasteiger partial charge in [-0.2, -0.15) is 0 Å². The number of amides is 2. The minimum Gasteiger partial charge on any atom is -0.484 e. The van der Waals surface area contributed by atoms with Gasteiger partial charge in [-0.3, -0.25) is 9.59 Å². The Labute approximate surface area is 220 Å². The predicted molar refractivity (Wildman–Crippen MR) is 147 cm³/mol. The van der Waals surface area contributed by atoms with Crippen LogP contribution in [-0.4, -0.2) is 35.4 Å². The van der Waals surface area contributed by atoms with Crippen molar-refractivity contribution in [2.75, 3.05) is 6.61 Å². The van der Waals surface area contributed by atoms with E-state index in [-0.39, 0.29) is 24.5 Å². The van der Waals surface area contributed by atoms with Crippen LogP contribution in [-0.2, 0) is 22.6 Å². The summed E-state index contributed by atoms with van der Waals surface area (Å²) >= 11 is 0. The van der Waals surface area contributed by atoms with Crippen molar-refractivity contribution in [3.63, 3.8) is 0 Å². The molecule has 0 saturated heterocycles. The van der Waals surface area contributed by atoms with Gasteiger partial charge in [0.05, 0.1) is 0 Å². The van der Waals surface area contributed by atoms with Gasteiger partial charge in [-0.05, 0) is 68.0 Å². The SMILES string of the molecule is Cc1cccc(CN(C(=O)COc2cc(C)cc(C)c2)[C@@H](Cc2ccccc2)C(=O)NC2CCCC2)c1. The first kappa shape index (κ1) is 26.5. The third kappa shape index (κ3) is 7.69. The summed E-state index contributed by atoms with van der Waals surface area (Å²) in [4.78, 5) is 29.2. The highest BCUT2D eigenvalue weighted by molar-refractivity contribution is 5.88. The Balaban J connectivity index is 1.62. The molecule has 3 aromatic carbocycles. The van der Waals surface area contributed by atoms with E-state index in [1.807, 2.05) is 81.4 Å². The lowest BCUT2D eigenvalue weighted by molar-refractivity contribution is -0.143. The van der Waals surface area contributed by atoms with Crippen LogP contribution in [0.4, 0.5) is 0 Å².